The third-order valence-corrected chi connectivity index (χ3v) is 8.25. The first kappa shape index (κ1) is 36.8. The normalized spacial score (nSPS) is 15.6. The summed E-state index contributed by atoms with van der Waals surface area (Å²) in [4.78, 5) is 18.7. The molecule has 0 bridgehead atoms. The highest BCUT2D eigenvalue weighted by Crippen LogP contribution is 2.25. The maximum atomic E-state index is 12.8. The molecule has 266 valence electrons. The van der Waals surface area contributed by atoms with Gasteiger partial charge in [-0.3, -0.25) is 4.18 Å². The van der Waals surface area contributed by atoms with Gasteiger partial charge in [0.1, 0.15) is 23.2 Å². The number of amides is 1. The van der Waals surface area contributed by atoms with Crippen molar-refractivity contribution >= 4 is 16.2 Å². The quantitative estimate of drug-likeness (QED) is 0.122. The fourth-order valence-electron chi connectivity index (χ4n) is 5.25. The first-order valence-corrected chi connectivity index (χ1v) is 18.4. The van der Waals surface area contributed by atoms with E-state index in [0.29, 0.717) is 12.3 Å². The van der Waals surface area contributed by atoms with E-state index in [0.717, 1.165) is 65.9 Å². The van der Waals surface area contributed by atoms with Gasteiger partial charge in [0.2, 0.25) is 0 Å². The maximum absolute atomic E-state index is 12.8. The molecule has 2 aromatic heterocycles. The van der Waals surface area contributed by atoms with Crippen molar-refractivity contribution in [1.29, 1.82) is 0 Å². The van der Waals surface area contributed by atoms with Crippen LogP contribution in [-0.2, 0) is 41.6 Å². The minimum absolute atomic E-state index is 0.0473. The largest absolute Gasteiger partial charge is 0.444 e. The van der Waals surface area contributed by atoms with Gasteiger partial charge in [-0.15, -0.1) is 0 Å². The van der Waals surface area contributed by atoms with Crippen molar-refractivity contribution in [2.45, 2.75) is 78.0 Å². The number of imidazole rings is 1. The van der Waals surface area contributed by atoms with Crippen LogP contribution in [0, 0.1) is 11.8 Å². The first-order chi connectivity index (χ1) is 23.8. The summed E-state index contributed by atoms with van der Waals surface area (Å²) in [6, 6.07) is 17.1. The number of rotatable bonds is 12. The summed E-state index contributed by atoms with van der Waals surface area (Å²) < 4.78 is 52.6. The van der Waals surface area contributed by atoms with Crippen molar-refractivity contribution in [3.63, 3.8) is 0 Å². The van der Waals surface area contributed by atoms with Crippen LogP contribution in [0.25, 0.3) is 11.3 Å². The highest BCUT2D eigenvalue weighted by atomic mass is 32.2. The summed E-state index contributed by atoms with van der Waals surface area (Å²) in [7, 11) is -3.63. The van der Waals surface area contributed by atoms with Crippen LogP contribution in [0.4, 0.5) is 4.79 Å². The topological polar surface area (TPSA) is 135 Å². The molecule has 1 aliphatic heterocycles. The highest BCUT2D eigenvalue weighted by Gasteiger charge is 2.23. The summed E-state index contributed by atoms with van der Waals surface area (Å²) in [5, 5.41) is 4.28. The van der Waals surface area contributed by atoms with Gasteiger partial charge in [-0.2, -0.15) is 8.42 Å². The zero-order valence-corrected chi connectivity index (χ0v) is 29.9. The number of hydrogen-bond acceptors (Lipinski definition) is 10. The Kier molecular flexibility index (Phi) is 12.1. The van der Waals surface area contributed by atoms with E-state index in [1.54, 1.807) is 27.0 Å². The molecule has 13 heteroatoms. The molecule has 2 atom stereocenters. The Bertz CT molecular complexity index is 1880. The number of benzene rings is 2. The highest BCUT2D eigenvalue weighted by molar-refractivity contribution is 7.85. The second-order valence-corrected chi connectivity index (χ2v) is 14.8. The average molecular weight is 705 g/mol. The molecular formula is C37H44N4O8S. The van der Waals surface area contributed by atoms with Gasteiger partial charge < -0.3 is 28.2 Å². The van der Waals surface area contributed by atoms with Crippen LogP contribution >= 0.6 is 0 Å². The molecule has 1 unspecified atom stereocenters. The fraction of sp³-hybridized carbons (Fsp3) is 0.432. The van der Waals surface area contributed by atoms with Crippen LogP contribution in [0.5, 0.6) is 0 Å². The monoisotopic (exact) mass is 704 g/mol. The Morgan fingerprint density at radius 1 is 1.08 bits per heavy atom. The van der Waals surface area contributed by atoms with Crippen molar-refractivity contribution < 1.29 is 36.1 Å². The predicted octanol–water partition coefficient (Wildman–Crippen LogP) is 6.30. The number of carbonyl (C=O) groups is 1. The zero-order valence-electron chi connectivity index (χ0n) is 29.1. The van der Waals surface area contributed by atoms with Crippen molar-refractivity contribution in [3.8, 4) is 23.2 Å². The summed E-state index contributed by atoms with van der Waals surface area (Å²) in [5.74, 6) is 7.81. The lowest BCUT2D eigenvalue weighted by molar-refractivity contribution is -0.188. The summed E-state index contributed by atoms with van der Waals surface area (Å²) in [6.45, 7) is 8.61. The van der Waals surface area contributed by atoms with Gasteiger partial charge in [0.25, 0.3) is 10.1 Å². The smallest absolute Gasteiger partial charge is 0.410 e. The molecule has 0 saturated carbocycles. The van der Waals surface area contributed by atoms with Gasteiger partial charge in [-0.1, -0.05) is 29.1 Å². The molecule has 1 fully saturated rings. The van der Waals surface area contributed by atoms with Gasteiger partial charge in [0.15, 0.2) is 12.1 Å². The molecule has 50 heavy (non-hydrogen) atoms. The molecule has 0 N–H and O–H groups in total. The van der Waals surface area contributed by atoms with E-state index in [1.165, 1.54) is 4.90 Å². The van der Waals surface area contributed by atoms with E-state index >= 15 is 0 Å². The van der Waals surface area contributed by atoms with Crippen LogP contribution in [0.15, 0.2) is 71.5 Å². The molecule has 1 saturated heterocycles. The Hall–Kier alpha value is -4.48. The second-order valence-electron chi connectivity index (χ2n) is 13.1. The van der Waals surface area contributed by atoms with E-state index in [1.807, 2.05) is 72.3 Å². The van der Waals surface area contributed by atoms with Crippen molar-refractivity contribution in [2.24, 2.45) is 0 Å². The second kappa shape index (κ2) is 16.5. The molecule has 12 nitrogen and oxygen atoms in total. The molecule has 2 aromatic carbocycles. The lowest BCUT2D eigenvalue weighted by Crippen LogP contribution is -2.38. The Morgan fingerprint density at radius 3 is 2.42 bits per heavy atom. The van der Waals surface area contributed by atoms with Gasteiger partial charge in [0.05, 0.1) is 19.4 Å². The van der Waals surface area contributed by atoms with Crippen molar-refractivity contribution in [1.82, 2.24) is 19.6 Å². The molecular weight excluding hydrogens is 660 g/mol. The van der Waals surface area contributed by atoms with Gasteiger partial charge in [-0.05, 0) is 88.9 Å². The molecule has 3 heterocycles. The Balaban J connectivity index is 1.17. The number of hydrogen-bond donors (Lipinski definition) is 0. The fourth-order valence-corrected chi connectivity index (χ4v) is 5.63. The maximum Gasteiger partial charge on any atom is 0.410 e. The predicted molar refractivity (Wildman–Crippen MR) is 186 cm³/mol. The minimum Gasteiger partial charge on any atom is -0.444 e. The van der Waals surface area contributed by atoms with Crippen LogP contribution in [0.2, 0.25) is 0 Å². The van der Waals surface area contributed by atoms with E-state index in [2.05, 4.69) is 22.0 Å². The van der Waals surface area contributed by atoms with E-state index in [-0.39, 0.29) is 32.1 Å². The molecule has 0 radical (unpaired) electrons. The van der Waals surface area contributed by atoms with Gasteiger partial charge >= 0.3 is 6.09 Å². The minimum atomic E-state index is -3.63. The standard InChI is InChI=1S/C37H44N4O8S/c1-27(47-34-8-6-7-22-45-34)35-38-19-20-40(35)26-32-24-33(49-39-32)31-17-15-29(16-18-31)10-9-28-11-13-30(14-12-28)25-41(21-23-46-50(5,43)44)36(42)48-37(2,3)4/h11-20,24,27,34H,6-8,21-23,25-26H2,1-5H3/t27-,34?/m0/s1. The average Bonchev–Trinajstić information content (AvgIpc) is 3.73. The number of ether oxygens (including phenoxy) is 3. The Morgan fingerprint density at radius 2 is 1.78 bits per heavy atom. The van der Waals surface area contributed by atoms with Crippen LogP contribution in [-0.4, -0.2) is 72.0 Å². The summed E-state index contributed by atoms with van der Waals surface area (Å²) in [5.41, 5.74) is 3.41. The molecule has 0 aliphatic carbocycles. The lowest BCUT2D eigenvalue weighted by Gasteiger charge is -2.27. The van der Waals surface area contributed by atoms with Gasteiger partial charge in [0, 0.05) is 54.8 Å². The number of aromatic nitrogens is 3. The SMILES string of the molecule is C[C@H](OC1CCCCO1)c1nccn1Cc1cc(-c2ccc(C#Cc3ccc(CN(CCOS(C)(=O)=O)C(=O)OC(C)(C)C)cc3)cc2)on1. The third-order valence-electron chi connectivity index (χ3n) is 7.65. The molecule has 4 aromatic rings. The van der Waals surface area contributed by atoms with E-state index < -0.39 is 21.8 Å². The Labute approximate surface area is 293 Å². The number of carbonyl (C=O) groups excluding carboxylic acids is 1. The van der Waals surface area contributed by atoms with Crippen molar-refractivity contribution in [3.05, 3.63) is 95.2 Å². The lowest BCUT2D eigenvalue weighted by atomic mass is 10.1. The van der Waals surface area contributed by atoms with E-state index in [4.69, 9.17) is 22.9 Å². The van der Waals surface area contributed by atoms with Gasteiger partial charge in [-0.25, -0.2) is 9.78 Å². The third kappa shape index (κ3) is 11.3. The summed E-state index contributed by atoms with van der Waals surface area (Å²) in [6.07, 6.45) is 6.72. The van der Waals surface area contributed by atoms with Crippen LogP contribution < -0.4 is 0 Å². The zero-order chi connectivity index (χ0) is 35.7. The van der Waals surface area contributed by atoms with Crippen LogP contribution in [0.3, 0.4) is 0 Å². The van der Waals surface area contributed by atoms with Crippen molar-refractivity contribution in [2.75, 3.05) is 26.0 Å². The molecule has 1 aliphatic rings. The molecule has 1 amide bonds. The van der Waals surface area contributed by atoms with Crippen LogP contribution in [0.1, 0.15) is 81.3 Å². The number of nitrogens with zero attached hydrogens (tertiary/aromatic N) is 4. The first-order valence-electron chi connectivity index (χ1n) is 16.6. The molecule has 0 spiro atoms. The summed E-state index contributed by atoms with van der Waals surface area (Å²) >= 11 is 0. The van der Waals surface area contributed by atoms with E-state index in [9.17, 15) is 13.2 Å². The molecule has 5 rings (SSSR count).